The molecule has 0 aromatic heterocycles. The quantitative estimate of drug-likeness (QED) is 0.552. The van der Waals surface area contributed by atoms with Crippen LogP contribution in [0.25, 0.3) is 0 Å². The van der Waals surface area contributed by atoms with Crippen molar-refractivity contribution in [1.29, 1.82) is 0 Å². The summed E-state index contributed by atoms with van der Waals surface area (Å²) >= 11 is 6.50. The summed E-state index contributed by atoms with van der Waals surface area (Å²) in [6.45, 7) is 1.39. The van der Waals surface area contributed by atoms with Gasteiger partial charge in [-0.05, 0) is 31.6 Å². The van der Waals surface area contributed by atoms with E-state index in [0.29, 0.717) is 19.4 Å². The lowest BCUT2D eigenvalue weighted by Gasteiger charge is -2.47. The number of amides is 3. The summed E-state index contributed by atoms with van der Waals surface area (Å²) in [5, 5.41) is 4.92. The molecule has 0 spiro atoms. The van der Waals surface area contributed by atoms with Crippen molar-refractivity contribution in [2.75, 3.05) is 20.3 Å². The SMILES string of the molecule is COCCCCOC1CC2OC3NC(=O)NC(=O)C3CC2CC1Cl. The smallest absolute Gasteiger partial charge is 0.323 e. The highest BCUT2D eigenvalue weighted by Gasteiger charge is 2.48. The van der Waals surface area contributed by atoms with Crippen LogP contribution in [0.3, 0.4) is 0 Å². The van der Waals surface area contributed by atoms with Crippen LogP contribution < -0.4 is 10.6 Å². The van der Waals surface area contributed by atoms with Crippen LogP contribution in [0.5, 0.6) is 0 Å². The van der Waals surface area contributed by atoms with Crippen molar-refractivity contribution in [3.8, 4) is 0 Å². The van der Waals surface area contributed by atoms with E-state index in [1.54, 1.807) is 7.11 Å². The maximum atomic E-state index is 12.0. The molecule has 3 rings (SSSR count). The molecule has 0 aromatic carbocycles. The highest BCUT2D eigenvalue weighted by molar-refractivity contribution is 6.21. The van der Waals surface area contributed by atoms with Gasteiger partial charge in [-0.2, -0.15) is 0 Å². The monoisotopic (exact) mass is 360 g/mol. The summed E-state index contributed by atoms with van der Waals surface area (Å²) in [5.74, 6) is -0.369. The van der Waals surface area contributed by atoms with Gasteiger partial charge in [-0.1, -0.05) is 0 Å². The maximum Gasteiger partial charge on any atom is 0.323 e. The largest absolute Gasteiger partial charge is 0.385 e. The number of nitrogens with one attached hydrogen (secondary N) is 2. The van der Waals surface area contributed by atoms with Crippen molar-refractivity contribution in [2.24, 2.45) is 11.8 Å². The van der Waals surface area contributed by atoms with Gasteiger partial charge in [0.25, 0.3) is 0 Å². The molecule has 7 nitrogen and oxygen atoms in total. The molecule has 1 saturated carbocycles. The summed E-state index contributed by atoms with van der Waals surface area (Å²) in [7, 11) is 1.69. The minimum absolute atomic E-state index is 0.0311. The third-order valence-corrected chi connectivity index (χ3v) is 5.55. The lowest BCUT2D eigenvalue weighted by molar-refractivity contribution is -0.171. The van der Waals surface area contributed by atoms with E-state index in [9.17, 15) is 9.59 Å². The van der Waals surface area contributed by atoms with Gasteiger partial charge in [0.05, 0.1) is 23.5 Å². The molecule has 6 unspecified atom stereocenters. The fraction of sp³-hybridized carbons (Fsp3) is 0.875. The number of urea groups is 1. The molecule has 0 bridgehead atoms. The van der Waals surface area contributed by atoms with Gasteiger partial charge in [-0.3, -0.25) is 10.1 Å². The molecule has 1 aliphatic carbocycles. The molecular weight excluding hydrogens is 336 g/mol. The Morgan fingerprint density at radius 3 is 2.79 bits per heavy atom. The van der Waals surface area contributed by atoms with Gasteiger partial charge in [-0.25, -0.2) is 4.79 Å². The predicted molar refractivity (Wildman–Crippen MR) is 86.7 cm³/mol. The second-order valence-electron chi connectivity index (χ2n) is 6.76. The van der Waals surface area contributed by atoms with E-state index in [0.717, 1.165) is 25.9 Å². The van der Waals surface area contributed by atoms with E-state index in [2.05, 4.69) is 10.6 Å². The molecule has 0 aromatic rings. The fourth-order valence-electron chi connectivity index (χ4n) is 3.81. The number of carbonyl (C=O) groups excluding carboxylic acids is 2. The zero-order valence-electron chi connectivity index (χ0n) is 13.8. The number of methoxy groups -OCH3 is 1. The summed E-state index contributed by atoms with van der Waals surface area (Å²) in [5.41, 5.74) is 0. The van der Waals surface area contributed by atoms with E-state index in [-0.39, 0.29) is 35.3 Å². The van der Waals surface area contributed by atoms with Crippen LogP contribution in [0.2, 0.25) is 0 Å². The van der Waals surface area contributed by atoms with Gasteiger partial charge in [-0.15, -0.1) is 11.6 Å². The van der Waals surface area contributed by atoms with Crippen LogP contribution in [-0.4, -0.2) is 56.1 Å². The Labute approximate surface area is 146 Å². The maximum absolute atomic E-state index is 12.0. The van der Waals surface area contributed by atoms with Crippen LogP contribution in [0.15, 0.2) is 0 Å². The number of imide groups is 1. The van der Waals surface area contributed by atoms with Gasteiger partial charge in [0.2, 0.25) is 5.91 Å². The fourth-order valence-corrected chi connectivity index (χ4v) is 4.22. The zero-order valence-corrected chi connectivity index (χ0v) is 14.6. The molecule has 2 aliphatic heterocycles. The Hall–Kier alpha value is -0.890. The van der Waals surface area contributed by atoms with Gasteiger partial charge in [0.15, 0.2) is 0 Å². The Morgan fingerprint density at radius 1 is 1.21 bits per heavy atom. The lowest BCUT2D eigenvalue weighted by Crippen LogP contribution is -2.64. The van der Waals surface area contributed by atoms with E-state index in [1.807, 2.05) is 0 Å². The number of alkyl halides is 1. The molecule has 3 fully saturated rings. The second kappa shape index (κ2) is 7.99. The van der Waals surface area contributed by atoms with Crippen LogP contribution >= 0.6 is 11.6 Å². The third-order valence-electron chi connectivity index (χ3n) is 5.09. The number of ether oxygens (including phenoxy) is 3. The first-order valence-corrected chi connectivity index (χ1v) is 9.03. The van der Waals surface area contributed by atoms with E-state index in [4.69, 9.17) is 25.8 Å². The van der Waals surface area contributed by atoms with E-state index in [1.165, 1.54) is 0 Å². The minimum atomic E-state index is -0.540. The average Bonchev–Trinajstić information content (AvgIpc) is 2.54. The van der Waals surface area contributed by atoms with Crippen molar-refractivity contribution in [1.82, 2.24) is 10.6 Å². The van der Waals surface area contributed by atoms with Crippen LogP contribution in [0.1, 0.15) is 32.1 Å². The molecule has 2 saturated heterocycles. The first-order valence-electron chi connectivity index (χ1n) is 8.60. The second-order valence-corrected chi connectivity index (χ2v) is 7.32. The number of halogens is 1. The summed E-state index contributed by atoms with van der Waals surface area (Å²) in [6, 6.07) is -0.489. The summed E-state index contributed by atoms with van der Waals surface area (Å²) in [6.07, 6.45) is 3.42. The number of rotatable bonds is 6. The summed E-state index contributed by atoms with van der Waals surface area (Å²) in [4.78, 5) is 23.4. The van der Waals surface area contributed by atoms with Crippen LogP contribution in [-0.2, 0) is 19.0 Å². The lowest BCUT2D eigenvalue weighted by atomic mass is 9.76. The Kier molecular flexibility index (Phi) is 5.97. The van der Waals surface area contributed by atoms with Crippen molar-refractivity contribution in [2.45, 2.75) is 55.9 Å². The number of hydrogen-bond acceptors (Lipinski definition) is 5. The standard InChI is InChI=1S/C16H25ClN2O5/c1-22-4-2-3-5-23-13-8-12-9(7-11(13)17)6-10-14(20)18-16(21)19-15(10)24-12/h9-13,15H,2-8H2,1H3,(H2,18,19,20,21). The van der Waals surface area contributed by atoms with Crippen LogP contribution in [0.4, 0.5) is 4.79 Å². The van der Waals surface area contributed by atoms with Gasteiger partial charge >= 0.3 is 6.03 Å². The van der Waals surface area contributed by atoms with Crippen molar-refractivity contribution < 1.29 is 23.8 Å². The van der Waals surface area contributed by atoms with Crippen molar-refractivity contribution >= 4 is 23.5 Å². The van der Waals surface area contributed by atoms with Crippen molar-refractivity contribution in [3.05, 3.63) is 0 Å². The Morgan fingerprint density at radius 2 is 2.00 bits per heavy atom. The molecule has 2 N–H and O–H groups in total. The van der Waals surface area contributed by atoms with Gasteiger partial charge in [0.1, 0.15) is 6.23 Å². The Balaban J connectivity index is 1.53. The van der Waals surface area contributed by atoms with Gasteiger partial charge < -0.3 is 19.5 Å². The van der Waals surface area contributed by atoms with E-state index >= 15 is 0 Å². The molecular formula is C16H25ClN2O5. The number of unbranched alkanes of at least 4 members (excludes halogenated alkanes) is 1. The Bertz CT molecular complexity index is 477. The molecule has 2 heterocycles. The number of hydrogen-bond donors (Lipinski definition) is 2. The molecule has 8 heteroatoms. The predicted octanol–water partition coefficient (Wildman–Crippen LogP) is 1.39. The topological polar surface area (TPSA) is 85.9 Å². The average molecular weight is 361 g/mol. The zero-order chi connectivity index (χ0) is 17.1. The third kappa shape index (κ3) is 4.02. The molecule has 6 atom stereocenters. The number of fused-ring (bicyclic) bond motifs is 2. The molecule has 136 valence electrons. The normalized spacial score (nSPS) is 38.8. The highest BCUT2D eigenvalue weighted by Crippen LogP contribution is 2.41. The van der Waals surface area contributed by atoms with Gasteiger partial charge in [0, 0.05) is 26.7 Å². The molecule has 3 aliphatic rings. The van der Waals surface area contributed by atoms with Crippen molar-refractivity contribution in [3.63, 3.8) is 0 Å². The molecule has 3 amide bonds. The first-order chi connectivity index (χ1) is 11.6. The minimum Gasteiger partial charge on any atom is -0.385 e. The first kappa shape index (κ1) is 17.9. The van der Waals surface area contributed by atoms with E-state index < -0.39 is 12.3 Å². The summed E-state index contributed by atoms with van der Waals surface area (Å²) < 4.78 is 17.0. The number of carbonyl (C=O) groups is 2. The molecule has 0 radical (unpaired) electrons. The molecule has 24 heavy (non-hydrogen) atoms. The van der Waals surface area contributed by atoms with Crippen LogP contribution in [0, 0.1) is 11.8 Å². The highest BCUT2D eigenvalue weighted by atomic mass is 35.5.